The highest BCUT2D eigenvalue weighted by Gasteiger charge is 2.17. The van der Waals surface area contributed by atoms with Crippen LogP contribution < -0.4 is 5.73 Å². The number of hydrogen-bond donors (Lipinski definition) is 1. The first-order valence-electron chi connectivity index (χ1n) is 5.74. The first kappa shape index (κ1) is 15.5. The molecule has 0 heterocycles. The van der Waals surface area contributed by atoms with Gasteiger partial charge in [0.15, 0.2) is 11.6 Å². The Morgan fingerprint density at radius 2 is 1.71 bits per heavy atom. The summed E-state index contributed by atoms with van der Waals surface area (Å²) in [6.07, 6.45) is 0. The number of carbonyl (C=O) groups excluding carboxylic acids is 1. The van der Waals surface area contributed by atoms with Crippen LogP contribution in [0, 0.1) is 11.6 Å². The summed E-state index contributed by atoms with van der Waals surface area (Å²) in [6.45, 7) is -0.213. The molecule has 2 rings (SSSR count). The summed E-state index contributed by atoms with van der Waals surface area (Å²) < 4.78 is 31.0. The number of nitrogen functional groups attached to an aromatic ring is 1. The van der Waals surface area contributed by atoms with Gasteiger partial charge in [0, 0.05) is 27.4 Å². The number of esters is 1. The molecule has 0 amide bonds. The number of carbonyl (C=O) groups is 1. The molecule has 0 aliphatic carbocycles. The largest absolute Gasteiger partial charge is 0.457 e. The van der Waals surface area contributed by atoms with Crippen LogP contribution in [-0.4, -0.2) is 5.97 Å². The molecule has 2 aromatic carbocycles. The molecule has 0 aliphatic rings. The summed E-state index contributed by atoms with van der Waals surface area (Å²) in [5.74, 6) is -3.23. The first-order chi connectivity index (χ1) is 9.90. The molecule has 21 heavy (non-hydrogen) atoms. The molecule has 0 spiro atoms. The van der Waals surface area contributed by atoms with Gasteiger partial charge >= 0.3 is 5.97 Å². The first-order valence-corrected chi connectivity index (χ1v) is 6.50. The van der Waals surface area contributed by atoms with Gasteiger partial charge in [-0.1, -0.05) is 29.3 Å². The number of rotatable bonds is 3. The Bertz CT molecular complexity index is 687. The Hall–Kier alpha value is -1.85. The van der Waals surface area contributed by atoms with E-state index in [1.165, 1.54) is 0 Å². The van der Waals surface area contributed by atoms with E-state index in [0.717, 1.165) is 0 Å². The fraction of sp³-hybridized carbons (Fsp3) is 0.0714. The second-order valence-electron chi connectivity index (χ2n) is 4.13. The Morgan fingerprint density at radius 3 is 2.33 bits per heavy atom. The van der Waals surface area contributed by atoms with E-state index >= 15 is 0 Å². The van der Waals surface area contributed by atoms with Crippen molar-refractivity contribution in [3.8, 4) is 0 Å². The molecule has 0 fully saturated rings. The minimum Gasteiger partial charge on any atom is -0.457 e. The molecule has 7 heteroatoms. The molecular formula is C14H9Cl2F2NO2. The molecule has 0 saturated heterocycles. The average Bonchev–Trinajstić information content (AvgIpc) is 2.42. The average molecular weight is 332 g/mol. The van der Waals surface area contributed by atoms with Gasteiger partial charge in [-0.15, -0.1) is 0 Å². The molecule has 2 aromatic rings. The molecular weight excluding hydrogens is 323 g/mol. The van der Waals surface area contributed by atoms with Crippen LogP contribution in [0.15, 0.2) is 30.3 Å². The third-order valence-electron chi connectivity index (χ3n) is 2.72. The summed E-state index contributed by atoms with van der Waals surface area (Å²) >= 11 is 11.9. The van der Waals surface area contributed by atoms with Gasteiger partial charge in [0.2, 0.25) is 0 Å². The fourth-order valence-corrected chi connectivity index (χ4v) is 2.13. The third-order valence-corrected chi connectivity index (χ3v) is 3.43. The van der Waals surface area contributed by atoms with Crippen LogP contribution in [0.2, 0.25) is 10.0 Å². The van der Waals surface area contributed by atoms with Crippen molar-refractivity contribution in [2.75, 3.05) is 5.73 Å². The fourth-order valence-electron chi connectivity index (χ4n) is 1.62. The molecule has 0 unspecified atom stereocenters. The van der Waals surface area contributed by atoms with Crippen LogP contribution in [0.25, 0.3) is 0 Å². The van der Waals surface area contributed by atoms with Crippen molar-refractivity contribution in [3.63, 3.8) is 0 Å². The van der Waals surface area contributed by atoms with E-state index in [4.69, 9.17) is 33.7 Å². The lowest BCUT2D eigenvalue weighted by Crippen LogP contribution is -2.10. The summed E-state index contributed by atoms with van der Waals surface area (Å²) in [6, 6.07) is 6.21. The van der Waals surface area contributed by atoms with E-state index in [1.54, 1.807) is 18.2 Å². The SMILES string of the molecule is Nc1cc(F)c(F)cc1C(=O)OCc1c(Cl)cccc1Cl. The van der Waals surface area contributed by atoms with Gasteiger partial charge in [-0.3, -0.25) is 0 Å². The minimum absolute atomic E-state index is 0.213. The predicted molar refractivity (Wildman–Crippen MR) is 76.4 cm³/mol. The molecule has 0 radical (unpaired) electrons. The van der Waals surface area contributed by atoms with Gasteiger partial charge in [0.1, 0.15) is 6.61 Å². The van der Waals surface area contributed by atoms with Crippen LogP contribution in [0.3, 0.4) is 0 Å². The molecule has 0 aliphatic heterocycles. The Kier molecular flexibility index (Phi) is 4.65. The van der Waals surface area contributed by atoms with Crippen molar-refractivity contribution >= 4 is 34.9 Å². The summed E-state index contributed by atoms with van der Waals surface area (Å²) in [4.78, 5) is 11.8. The number of hydrogen-bond acceptors (Lipinski definition) is 3. The minimum atomic E-state index is -1.19. The van der Waals surface area contributed by atoms with Crippen molar-refractivity contribution in [1.29, 1.82) is 0 Å². The van der Waals surface area contributed by atoms with Crippen molar-refractivity contribution in [2.45, 2.75) is 6.61 Å². The number of ether oxygens (including phenoxy) is 1. The van der Waals surface area contributed by atoms with Gasteiger partial charge in [0.25, 0.3) is 0 Å². The maximum atomic E-state index is 13.1. The molecule has 3 nitrogen and oxygen atoms in total. The van der Waals surface area contributed by atoms with Crippen LogP contribution >= 0.6 is 23.2 Å². The second kappa shape index (κ2) is 6.28. The van der Waals surface area contributed by atoms with Crippen molar-refractivity contribution in [2.24, 2.45) is 0 Å². The Balaban J connectivity index is 2.18. The monoisotopic (exact) mass is 331 g/mol. The van der Waals surface area contributed by atoms with Crippen LogP contribution in [0.4, 0.5) is 14.5 Å². The molecule has 0 aromatic heterocycles. The molecule has 110 valence electrons. The Morgan fingerprint density at radius 1 is 1.14 bits per heavy atom. The standard InChI is InChI=1S/C14H9Cl2F2NO2/c15-9-2-1-3-10(16)8(9)6-21-14(20)7-4-11(17)12(18)5-13(7)19/h1-5H,6,19H2. The van der Waals surface area contributed by atoms with Gasteiger partial charge in [0.05, 0.1) is 5.56 Å². The highest BCUT2D eigenvalue weighted by Crippen LogP contribution is 2.26. The zero-order chi connectivity index (χ0) is 15.6. The van der Waals surface area contributed by atoms with E-state index in [2.05, 4.69) is 0 Å². The van der Waals surface area contributed by atoms with E-state index < -0.39 is 17.6 Å². The third kappa shape index (κ3) is 3.43. The lowest BCUT2D eigenvalue weighted by atomic mass is 10.1. The highest BCUT2D eigenvalue weighted by atomic mass is 35.5. The second-order valence-corrected chi connectivity index (χ2v) is 4.94. The van der Waals surface area contributed by atoms with E-state index in [9.17, 15) is 13.6 Å². The van der Waals surface area contributed by atoms with Crippen LogP contribution in [0.5, 0.6) is 0 Å². The lowest BCUT2D eigenvalue weighted by Gasteiger charge is -2.10. The van der Waals surface area contributed by atoms with Crippen molar-refractivity contribution in [3.05, 3.63) is 63.1 Å². The maximum Gasteiger partial charge on any atom is 0.340 e. The number of halogens is 4. The number of nitrogens with two attached hydrogens (primary N) is 1. The quantitative estimate of drug-likeness (QED) is 0.677. The van der Waals surface area contributed by atoms with Gasteiger partial charge < -0.3 is 10.5 Å². The predicted octanol–water partition coefficient (Wildman–Crippen LogP) is 4.21. The van der Waals surface area contributed by atoms with Crippen LogP contribution in [0.1, 0.15) is 15.9 Å². The molecule has 0 bridgehead atoms. The Labute approximate surface area is 129 Å². The van der Waals surface area contributed by atoms with E-state index in [-0.39, 0.29) is 17.9 Å². The summed E-state index contributed by atoms with van der Waals surface area (Å²) in [7, 11) is 0. The zero-order valence-corrected chi connectivity index (χ0v) is 12.0. The normalized spacial score (nSPS) is 10.5. The lowest BCUT2D eigenvalue weighted by molar-refractivity contribution is 0.0473. The smallest absolute Gasteiger partial charge is 0.340 e. The zero-order valence-electron chi connectivity index (χ0n) is 10.5. The van der Waals surface area contributed by atoms with E-state index in [1.807, 2.05) is 0 Å². The molecule has 2 N–H and O–H groups in total. The summed E-state index contributed by atoms with van der Waals surface area (Å²) in [5.41, 5.74) is 5.39. The van der Waals surface area contributed by atoms with Crippen molar-refractivity contribution < 1.29 is 18.3 Å². The molecule has 0 saturated carbocycles. The number of benzene rings is 2. The van der Waals surface area contributed by atoms with Gasteiger partial charge in [-0.05, 0) is 18.2 Å². The number of anilines is 1. The maximum absolute atomic E-state index is 13.1. The van der Waals surface area contributed by atoms with Crippen molar-refractivity contribution in [1.82, 2.24) is 0 Å². The van der Waals surface area contributed by atoms with Gasteiger partial charge in [-0.25, -0.2) is 13.6 Å². The van der Waals surface area contributed by atoms with Gasteiger partial charge in [-0.2, -0.15) is 0 Å². The highest BCUT2D eigenvalue weighted by molar-refractivity contribution is 6.35. The topological polar surface area (TPSA) is 52.3 Å². The molecule has 0 atom stereocenters. The van der Waals surface area contributed by atoms with E-state index in [0.29, 0.717) is 27.7 Å². The summed E-state index contributed by atoms with van der Waals surface area (Å²) in [5, 5.41) is 0.655. The van der Waals surface area contributed by atoms with Crippen LogP contribution in [-0.2, 0) is 11.3 Å².